The summed E-state index contributed by atoms with van der Waals surface area (Å²) in [6.45, 7) is 3.36. The number of carbonyl (C=O) groups is 1. The molecule has 0 unspecified atom stereocenters. The summed E-state index contributed by atoms with van der Waals surface area (Å²) >= 11 is 0. The molecule has 16 nitrogen and oxygen atoms in total. The van der Waals surface area contributed by atoms with Crippen LogP contribution in [0.2, 0.25) is 0 Å². The lowest BCUT2D eigenvalue weighted by Gasteiger charge is -2.51. The second-order valence-corrected chi connectivity index (χ2v) is 19.7. The van der Waals surface area contributed by atoms with Gasteiger partial charge in [0.1, 0.15) is 67.1 Å². The highest BCUT2D eigenvalue weighted by molar-refractivity contribution is 5.73. The number of benzene rings is 6. The summed E-state index contributed by atoms with van der Waals surface area (Å²) in [5, 5.41) is 35.7. The van der Waals surface area contributed by atoms with Crippen molar-refractivity contribution in [2.24, 2.45) is 0 Å². The van der Waals surface area contributed by atoms with Gasteiger partial charge in [0.05, 0.1) is 59.0 Å². The molecular weight excluding hydrogens is 999 g/mol. The molecule has 15 atom stereocenters. The minimum absolute atomic E-state index is 0.0627. The summed E-state index contributed by atoms with van der Waals surface area (Å²) in [5.74, 6) is -0.522. The Hall–Kier alpha value is -5.77. The summed E-state index contributed by atoms with van der Waals surface area (Å²) in [5.41, 5.74) is 5.35. The molecule has 0 aromatic heterocycles. The first-order valence-corrected chi connectivity index (χ1v) is 26.6. The van der Waals surface area contributed by atoms with Gasteiger partial charge in [-0.1, -0.05) is 182 Å². The molecule has 0 bridgehead atoms. The number of hydrogen-bond acceptors (Lipinski definition) is 15. The van der Waals surface area contributed by atoms with Crippen molar-refractivity contribution in [1.29, 1.82) is 0 Å². The van der Waals surface area contributed by atoms with Gasteiger partial charge in [-0.15, -0.1) is 0 Å². The third kappa shape index (κ3) is 15.5. The van der Waals surface area contributed by atoms with E-state index in [0.29, 0.717) is 0 Å². The van der Waals surface area contributed by atoms with Crippen LogP contribution in [0.3, 0.4) is 0 Å². The number of rotatable bonds is 25. The first-order chi connectivity index (χ1) is 38.2. The molecule has 6 aromatic rings. The minimum Gasteiger partial charge on any atom is -0.394 e. The van der Waals surface area contributed by atoms with Crippen LogP contribution >= 0.6 is 0 Å². The number of aliphatic hydroxyl groups excluding tert-OH is 3. The van der Waals surface area contributed by atoms with Gasteiger partial charge in [-0.25, -0.2) is 0 Å². The SMILES string of the molecule is CC(=O)N[C@@H]1[C@H](O[C@H]2[C@H](OCc3ccccc3)[C@@H](OCc3ccccc3)[C@@H](O[C@H]3[C@H](OCc4ccccc4)O[C@@H](C)[C@H](OCc4ccccc4)[C@H]3OCc3ccccc3)O[C@@H]2COCc2ccccc2)O[C@H](CO)[C@@H](O)[C@@H]1O. The molecule has 0 spiro atoms. The topological polar surface area (TPSA) is 191 Å². The van der Waals surface area contributed by atoms with Gasteiger partial charge in [-0.2, -0.15) is 0 Å². The van der Waals surface area contributed by atoms with Gasteiger partial charge in [0.15, 0.2) is 18.9 Å². The zero-order valence-corrected chi connectivity index (χ0v) is 43.9. The Balaban J connectivity index is 1.14. The molecule has 3 saturated heterocycles. The monoisotopic (exact) mass is 1070 g/mol. The van der Waals surface area contributed by atoms with E-state index in [1.807, 2.05) is 189 Å². The summed E-state index contributed by atoms with van der Waals surface area (Å²) in [6, 6.07) is 57.1. The molecule has 78 heavy (non-hydrogen) atoms. The number of hydrogen-bond donors (Lipinski definition) is 4. The molecule has 3 aliphatic heterocycles. The molecule has 3 fully saturated rings. The zero-order valence-electron chi connectivity index (χ0n) is 43.9. The molecular formula is C62H71NO15. The van der Waals surface area contributed by atoms with E-state index >= 15 is 0 Å². The van der Waals surface area contributed by atoms with Crippen molar-refractivity contribution in [3.05, 3.63) is 215 Å². The smallest absolute Gasteiger partial charge is 0.217 e. The van der Waals surface area contributed by atoms with E-state index in [0.717, 1.165) is 33.4 Å². The maximum Gasteiger partial charge on any atom is 0.217 e. The molecule has 9 rings (SSSR count). The highest BCUT2D eigenvalue weighted by atomic mass is 16.8. The molecule has 414 valence electrons. The Morgan fingerprint density at radius 3 is 1.27 bits per heavy atom. The van der Waals surface area contributed by atoms with Crippen LogP contribution in [0.15, 0.2) is 182 Å². The molecule has 16 heteroatoms. The molecule has 0 radical (unpaired) electrons. The van der Waals surface area contributed by atoms with E-state index < -0.39 is 105 Å². The summed E-state index contributed by atoms with van der Waals surface area (Å²) < 4.78 is 75.9. The molecule has 0 aliphatic carbocycles. The Kier molecular flexibility index (Phi) is 21.1. The van der Waals surface area contributed by atoms with Gasteiger partial charge in [0.25, 0.3) is 0 Å². The number of nitrogens with one attached hydrogen (secondary N) is 1. The minimum atomic E-state index is -1.61. The number of aliphatic hydroxyl groups is 3. The lowest BCUT2D eigenvalue weighted by molar-refractivity contribution is -0.391. The van der Waals surface area contributed by atoms with Crippen LogP contribution in [0.1, 0.15) is 47.2 Å². The molecule has 4 N–H and O–H groups in total. The zero-order chi connectivity index (χ0) is 54.1. The standard InChI is InChI=1S/C62H71NO15/c1-41-54(69-35-44-23-11-4-12-24-44)56(70-36-45-25-13-5-14-26-45)59(61(74-41)73-39-48-31-19-8-20-32-48)78-62-58(72-38-47-29-17-7-18-30-47)57(71-37-46-27-15-6-16-28-46)55(50(76-62)40-68-34-43-21-9-3-10-22-43)77-60-51(63-42(2)65)53(67)52(66)49(33-64)75-60/h3-32,41,49-62,64,66-67H,33-40H2,1-2H3,(H,63,65)/t41-,49+,50+,51-,52+,53+,54-,55+,56+,57-,58+,59+,60-,61+,62+/m0/s1. The summed E-state index contributed by atoms with van der Waals surface area (Å²) in [4.78, 5) is 12.8. The fourth-order valence-electron chi connectivity index (χ4n) is 9.91. The van der Waals surface area contributed by atoms with Crippen molar-refractivity contribution in [3.63, 3.8) is 0 Å². The van der Waals surface area contributed by atoms with Crippen LogP contribution in [-0.4, -0.2) is 126 Å². The second-order valence-electron chi connectivity index (χ2n) is 19.7. The lowest BCUT2D eigenvalue weighted by Crippen LogP contribution is -2.69. The van der Waals surface area contributed by atoms with Gasteiger partial charge in [-0.05, 0) is 40.3 Å². The van der Waals surface area contributed by atoms with Crippen LogP contribution in [0.4, 0.5) is 0 Å². The fraction of sp³-hybridized carbons (Fsp3) is 0.403. The van der Waals surface area contributed by atoms with E-state index in [4.69, 9.17) is 52.1 Å². The third-order valence-electron chi connectivity index (χ3n) is 13.9. The normalized spacial score (nSPS) is 29.2. The summed E-state index contributed by atoms with van der Waals surface area (Å²) in [6.07, 6.45) is -15.9. The highest BCUT2D eigenvalue weighted by Crippen LogP contribution is 2.38. The van der Waals surface area contributed by atoms with Crippen LogP contribution < -0.4 is 5.32 Å². The van der Waals surface area contributed by atoms with Crippen molar-refractivity contribution < 1.29 is 72.2 Å². The van der Waals surface area contributed by atoms with Gasteiger partial charge in [-0.3, -0.25) is 4.79 Å². The van der Waals surface area contributed by atoms with Gasteiger partial charge in [0, 0.05) is 6.92 Å². The van der Waals surface area contributed by atoms with Crippen LogP contribution in [0, 0.1) is 0 Å². The van der Waals surface area contributed by atoms with Gasteiger partial charge < -0.3 is 72.7 Å². The van der Waals surface area contributed by atoms with E-state index in [-0.39, 0.29) is 46.2 Å². The Labute approximate surface area is 456 Å². The van der Waals surface area contributed by atoms with Crippen molar-refractivity contribution in [2.75, 3.05) is 13.2 Å². The van der Waals surface area contributed by atoms with Crippen LogP contribution in [0.5, 0.6) is 0 Å². The summed E-state index contributed by atoms with van der Waals surface area (Å²) in [7, 11) is 0. The largest absolute Gasteiger partial charge is 0.394 e. The average molecular weight is 1070 g/mol. The molecule has 6 aromatic carbocycles. The molecule has 3 heterocycles. The second kappa shape index (κ2) is 28.9. The van der Waals surface area contributed by atoms with E-state index in [1.54, 1.807) is 0 Å². The van der Waals surface area contributed by atoms with E-state index in [9.17, 15) is 20.1 Å². The average Bonchev–Trinajstić information content (AvgIpc) is 3.47. The van der Waals surface area contributed by atoms with Crippen molar-refractivity contribution in [2.45, 2.75) is 146 Å². The first kappa shape index (κ1) is 56.9. The lowest BCUT2D eigenvalue weighted by atomic mass is 9.94. The number of amides is 1. The Morgan fingerprint density at radius 1 is 0.436 bits per heavy atom. The fourth-order valence-corrected chi connectivity index (χ4v) is 9.91. The van der Waals surface area contributed by atoms with Crippen LogP contribution in [-0.2, 0) is 96.5 Å². The molecule has 0 saturated carbocycles. The Morgan fingerprint density at radius 2 is 0.821 bits per heavy atom. The van der Waals surface area contributed by atoms with Gasteiger partial charge in [0.2, 0.25) is 5.91 Å². The van der Waals surface area contributed by atoms with Crippen molar-refractivity contribution in [1.82, 2.24) is 5.32 Å². The quantitative estimate of drug-likeness (QED) is 0.0461. The Bertz CT molecular complexity index is 2650. The van der Waals surface area contributed by atoms with Gasteiger partial charge >= 0.3 is 0 Å². The molecule has 3 aliphatic rings. The maximum absolute atomic E-state index is 12.8. The first-order valence-electron chi connectivity index (χ1n) is 26.6. The number of carbonyl (C=O) groups excluding carboxylic acids is 1. The van der Waals surface area contributed by atoms with E-state index in [1.165, 1.54) is 6.92 Å². The predicted octanol–water partition coefficient (Wildman–Crippen LogP) is 6.95. The van der Waals surface area contributed by atoms with E-state index in [2.05, 4.69) is 5.32 Å². The maximum atomic E-state index is 12.8. The van der Waals surface area contributed by atoms with Crippen LogP contribution in [0.25, 0.3) is 0 Å². The number of ether oxygens (including phenoxy) is 11. The van der Waals surface area contributed by atoms with Crippen molar-refractivity contribution in [3.8, 4) is 0 Å². The van der Waals surface area contributed by atoms with Crippen molar-refractivity contribution >= 4 is 5.91 Å². The highest BCUT2D eigenvalue weighted by Gasteiger charge is 2.56. The third-order valence-corrected chi connectivity index (χ3v) is 13.9. The molecule has 1 amide bonds. The predicted molar refractivity (Wildman–Crippen MR) is 286 cm³/mol.